The van der Waals surface area contributed by atoms with Gasteiger partial charge in [0.25, 0.3) is 5.69 Å². The normalized spacial score (nSPS) is 11.7. The molecule has 26 heavy (non-hydrogen) atoms. The molecule has 3 rings (SSSR count). The second-order valence-electron chi connectivity index (χ2n) is 5.86. The first-order valence-corrected chi connectivity index (χ1v) is 8.05. The van der Waals surface area contributed by atoms with E-state index in [-0.39, 0.29) is 23.9 Å². The lowest BCUT2D eigenvalue weighted by molar-refractivity contribution is -0.384. The van der Waals surface area contributed by atoms with E-state index < -0.39 is 4.92 Å². The minimum Gasteiger partial charge on any atom is -0.360 e. The van der Waals surface area contributed by atoms with Crippen molar-refractivity contribution in [3.63, 3.8) is 0 Å². The molecule has 0 radical (unpaired) electrons. The number of anilines is 1. The van der Waals surface area contributed by atoms with Crippen LogP contribution in [0.5, 0.6) is 0 Å². The monoisotopic (exact) mass is 351 g/mol. The second-order valence-corrected chi connectivity index (χ2v) is 5.86. The van der Waals surface area contributed by atoms with Gasteiger partial charge in [0.2, 0.25) is 0 Å². The van der Waals surface area contributed by atoms with Gasteiger partial charge < -0.3 is 9.84 Å². The van der Waals surface area contributed by atoms with Crippen LogP contribution >= 0.6 is 0 Å². The standard InChI is InChI=1S/C19H17N3O4/c1-13-11-19(21-26-13)20-17(14-5-3-2-4-6-14)12-18(23)15-7-9-16(10-8-15)22(24)25/h2-11,17H,12H2,1H3,(H,20,21). The highest BCUT2D eigenvalue weighted by Gasteiger charge is 2.19. The number of carbonyl (C=O) groups is 1. The third-order valence-corrected chi connectivity index (χ3v) is 3.94. The summed E-state index contributed by atoms with van der Waals surface area (Å²) in [6, 6.07) is 16.6. The molecule has 0 fully saturated rings. The fourth-order valence-electron chi connectivity index (χ4n) is 2.62. The summed E-state index contributed by atoms with van der Waals surface area (Å²) in [5.41, 5.74) is 1.32. The van der Waals surface area contributed by atoms with Gasteiger partial charge in [0.05, 0.1) is 11.0 Å². The zero-order valence-corrected chi connectivity index (χ0v) is 14.1. The highest BCUT2D eigenvalue weighted by atomic mass is 16.6. The van der Waals surface area contributed by atoms with Gasteiger partial charge in [0, 0.05) is 30.2 Å². The van der Waals surface area contributed by atoms with Crippen LogP contribution in [0, 0.1) is 17.0 Å². The maximum Gasteiger partial charge on any atom is 0.269 e. The van der Waals surface area contributed by atoms with Crippen molar-refractivity contribution in [2.24, 2.45) is 0 Å². The molecule has 1 N–H and O–H groups in total. The van der Waals surface area contributed by atoms with Crippen molar-refractivity contribution < 1.29 is 14.2 Å². The summed E-state index contributed by atoms with van der Waals surface area (Å²) in [7, 11) is 0. The van der Waals surface area contributed by atoms with Gasteiger partial charge in [-0.15, -0.1) is 0 Å². The summed E-state index contributed by atoms with van der Waals surface area (Å²) < 4.78 is 5.07. The number of carbonyl (C=O) groups excluding carboxylic acids is 1. The minimum atomic E-state index is -0.491. The van der Waals surface area contributed by atoms with Gasteiger partial charge in [-0.1, -0.05) is 35.5 Å². The molecule has 0 spiro atoms. The van der Waals surface area contributed by atoms with E-state index in [4.69, 9.17) is 4.52 Å². The van der Waals surface area contributed by atoms with Crippen molar-refractivity contribution in [1.29, 1.82) is 0 Å². The number of benzene rings is 2. The van der Waals surface area contributed by atoms with Gasteiger partial charge >= 0.3 is 0 Å². The lowest BCUT2D eigenvalue weighted by Crippen LogP contribution is -2.16. The van der Waals surface area contributed by atoms with E-state index >= 15 is 0 Å². The smallest absolute Gasteiger partial charge is 0.269 e. The lowest BCUT2D eigenvalue weighted by Gasteiger charge is -2.18. The number of nitrogens with one attached hydrogen (secondary N) is 1. The molecule has 0 aliphatic carbocycles. The number of nitro benzene ring substituents is 1. The summed E-state index contributed by atoms with van der Waals surface area (Å²) in [4.78, 5) is 22.9. The molecule has 0 aliphatic rings. The Balaban J connectivity index is 1.80. The van der Waals surface area contributed by atoms with E-state index in [1.807, 2.05) is 30.3 Å². The van der Waals surface area contributed by atoms with E-state index in [9.17, 15) is 14.9 Å². The first-order valence-electron chi connectivity index (χ1n) is 8.05. The van der Waals surface area contributed by atoms with Crippen molar-refractivity contribution in [3.05, 3.63) is 87.7 Å². The number of aryl methyl sites for hydroxylation is 1. The average Bonchev–Trinajstić information content (AvgIpc) is 3.06. The molecule has 1 heterocycles. The largest absolute Gasteiger partial charge is 0.360 e. The SMILES string of the molecule is Cc1cc(NC(CC(=O)c2ccc([N+](=O)[O-])cc2)c2ccccc2)no1. The molecule has 2 aromatic carbocycles. The van der Waals surface area contributed by atoms with E-state index in [1.165, 1.54) is 24.3 Å². The highest BCUT2D eigenvalue weighted by molar-refractivity contribution is 5.96. The molecule has 132 valence electrons. The van der Waals surface area contributed by atoms with Gasteiger partial charge in [-0.05, 0) is 24.6 Å². The molecule has 0 bridgehead atoms. The topological polar surface area (TPSA) is 98.3 Å². The molecule has 1 unspecified atom stereocenters. The number of non-ortho nitro benzene ring substituents is 1. The van der Waals surface area contributed by atoms with Crippen molar-refractivity contribution in [3.8, 4) is 0 Å². The molecule has 0 saturated heterocycles. The number of nitro groups is 1. The Labute approximate surface area is 149 Å². The van der Waals surface area contributed by atoms with Crippen LogP contribution in [0.25, 0.3) is 0 Å². The fourth-order valence-corrected chi connectivity index (χ4v) is 2.62. The molecule has 1 atom stereocenters. The van der Waals surface area contributed by atoms with Gasteiger partial charge in [-0.3, -0.25) is 14.9 Å². The summed E-state index contributed by atoms with van der Waals surface area (Å²) in [6.07, 6.45) is 0.174. The Kier molecular flexibility index (Phi) is 5.07. The maximum atomic E-state index is 12.7. The number of aromatic nitrogens is 1. The van der Waals surface area contributed by atoms with Gasteiger partial charge in [-0.25, -0.2) is 0 Å². The second kappa shape index (κ2) is 7.60. The van der Waals surface area contributed by atoms with E-state index in [0.29, 0.717) is 17.1 Å². The average molecular weight is 351 g/mol. The van der Waals surface area contributed by atoms with Crippen LogP contribution < -0.4 is 5.32 Å². The van der Waals surface area contributed by atoms with E-state index in [2.05, 4.69) is 10.5 Å². The zero-order chi connectivity index (χ0) is 18.5. The van der Waals surface area contributed by atoms with Crippen LogP contribution in [-0.2, 0) is 0 Å². The number of nitrogens with zero attached hydrogens (tertiary/aromatic N) is 2. The maximum absolute atomic E-state index is 12.7. The van der Waals surface area contributed by atoms with Crippen LogP contribution in [0.3, 0.4) is 0 Å². The minimum absolute atomic E-state index is 0.0441. The zero-order valence-electron chi connectivity index (χ0n) is 14.1. The van der Waals surface area contributed by atoms with Gasteiger partial charge in [0.15, 0.2) is 11.6 Å². The fraction of sp³-hybridized carbons (Fsp3) is 0.158. The van der Waals surface area contributed by atoms with Gasteiger partial charge in [-0.2, -0.15) is 0 Å². The molecule has 7 heteroatoms. The first-order chi connectivity index (χ1) is 12.5. The molecule has 3 aromatic rings. The Morgan fingerprint density at radius 3 is 2.46 bits per heavy atom. The lowest BCUT2D eigenvalue weighted by atomic mass is 9.97. The molecular formula is C19H17N3O4. The van der Waals surface area contributed by atoms with Gasteiger partial charge in [0.1, 0.15) is 5.76 Å². The number of rotatable bonds is 7. The van der Waals surface area contributed by atoms with Crippen molar-refractivity contribution in [2.45, 2.75) is 19.4 Å². The Morgan fingerprint density at radius 2 is 1.88 bits per heavy atom. The predicted molar refractivity (Wildman–Crippen MR) is 96.1 cm³/mol. The molecular weight excluding hydrogens is 334 g/mol. The van der Waals surface area contributed by atoms with E-state index in [1.54, 1.807) is 13.0 Å². The number of Topliss-reactive ketones (excluding diaryl/α,β-unsaturated/α-hetero) is 1. The number of hydrogen-bond acceptors (Lipinski definition) is 6. The Morgan fingerprint density at radius 1 is 1.19 bits per heavy atom. The number of ketones is 1. The molecule has 7 nitrogen and oxygen atoms in total. The van der Waals surface area contributed by atoms with Crippen LogP contribution in [-0.4, -0.2) is 15.9 Å². The van der Waals surface area contributed by atoms with Crippen molar-refractivity contribution >= 4 is 17.3 Å². The van der Waals surface area contributed by atoms with Crippen molar-refractivity contribution in [1.82, 2.24) is 5.16 Å². The number of hydrogen-bond donors (Lipinski definition) is 1. The summed E-state index contributed by atoms with van der Waals surface area (Å²) in [6.45, 7) is 1.79. The third-order valence-electron chi connectivity index (χ3n) is 3.94. The van der Waals surface area contributed by atoms with E-state index in [0.717, 1.165) is 5.56 Å². The Bertz CT molecular complexity index is 904. The van der Waals surface area contributed by atoms with Crippen LogP contribution in [0.15, 0.2) is 65.2 Å². The first kappa shape index (κ1) is 17.3. The third kappa shape index (κ3) is 4.13. The molecule has 0 aliphatic heterocycles. The Hall–Kier alpha value is -3.48. The summed E-state index contributed by atoms with van der Waals surface area (Å²) in [5.74, 6) is 1.09. The highest BCUT2D eigenvalue weighted by Crippen LogP contribution is 2.25. The molecule has 0 amide bonds. The molecule has 1 aromatic heterocycles. The predicted octanol–water partition coefficient (Wildman–Crippen LogP) is 4.32. The summed E-state index contributed by atoms with van der Waals surface area (Å²) in [5, 5.41) is 17.9. The van der Waals surface area contributed by atoms with Crippen molar-refractivity contribution in [2.75, 3.05) is 5.32 Å². The molecule has 0 saturated carbocycles. The van der Waals surface area contributed by atoms with Crippen LogP contribution in [0.4, 0.5) is 11.5 Å². The van der Waals surface area contributed by atoms with Crippen LogP contribution in [0.1, 0.15) is 34.1 Å². The quantitative estimate of drug-likeness (QED) is 0.387. The van der Waals surface area contributed by atoms with Crippen LogP contribution in [0.2, 0.25) is 0 Å². The summed E-state index contributed by atoms with van der Waals surface area (Å²) >= 11 is 0.